The van der Waals surface area contributed by atoms with Crippen LogP contribution < -0.4 is 5.32 Å². The summed E-state index contributed by atoms with van der Waals surface area (Å²) < 4.78 is 0. The second kappa shape index (κ2) is 8.05. The fourth-order valence-electron chi connectivity index (χ4n) is 2.56. The third-order valence-electron chi connectivity index (χ3n) is 3.70. The summed E-state index contributed by atoms with van der Waals surface area (Å²) in [5.41, 5.74) is 0.0201. The molecule has 0 radical (unpaired) electrons. The van der Waals surface area contributed by atoms with Crippen molar-refractivity contribution in [2.24, 2.45) is 5.41 Å². The molecule has 0 aliphatic rings. The van der Waals surface area contributed by atoms with Gasteiger partial charge in [0, 0.05) is 5.02 Å². The summed E-state index contributed by atoms with van der Waals surface area (Å²) in [6.45, 7) is 5.90. The van der Waals surface area contributed by atoms with Gasteiger partial charge in [0.2, 0.25) is 5.91 Å². The zero-order chi connectivity index (χ0) is 15.9. The van der Waals surface area contributed by atoms with Crippen molar-refractivity contribution >= 4 is 17.5 Å². The van der Waals surface area contributed by atoms with E-state index in [1.807, 2.05) is 39.0 Å². The summed E-state index contributed by atoms with van der Waals surface area (Å²) >= 11 is 5.98. The van der Waals surface area contributed by atoms with Gasteiger partial charge in [0.1, 0.15) is 5.41 Å². The monoisotopic (exact) mass is 306 g/mol. The molecule has 21 heavy (non-hydrogen) atoms. The Balaban J connectivity index is 2.89. The zero-order valence-electron chi connectivity index (χ0n) is 12.9. The van der Waals surface area contributed by atoms with Crippen molar-refractivity contribution < 1.29 is 4.79 Å². The molecule has 1 unspecified atom stereocenters. The summed E-state index contributed by atoms with van der Waals surface area (Å²) in [5, 5.41) is 13.1. The molecule has 3 nitrogen and oxygen atoms in total. The second-order valence-electron chi connectivity index (χ2n) is 5.44. The first-order valence-corrected chi connectivity index (χ1v) is 7.84. The van der Waals surface area contributed by atoms with Crippen LogP contribution in [0.2, 0.25) is 5.02 Å². The first-order chi connectivity index (χ1) is 9.99. The van der Waals surface area contributed by atoms with Gasteiger partial charge in [-0.05, 0) is 37.5 Å². The molecule has 1 aromatic rings. The predicted octanol–water partition coefficient (Wildman–Crippen LogP) is 4.63. The lowest BCUT2D eigenvalue weighted by atomic mass is 9.79. The highest BCUT2D eigenvalue weighted by Gasteiger charge is 2.37. The minimum atomic E-state index is -0.920. The van der Waals surface area contributed by atoms with Gasteiger partial charge in [0.15, 0.2) is 0 Å². The number of rotatable bonds is 7. The molecule has 1 amide bonds. The maximum absolute atomic E-state index is 12.6. The Kier molecular flexibility index (Phi) is 6.71. The average molecular weight is 307 g/mol. The molecule has 1 N–H and O–H groups in total. The van der Waals surface area contributed by atoms with Gasteiger partial charge in [-0.2, -0.15) is 5.26 Å². The van der Waals surface area contributed by atoms with E-state index in [4.69, 9.17) is 11.6 Å². The summed E-state index contributed by atoms with van der Waals surface area (Å²) in [7, 11) is 0. The summed E-state index contributed by atoms with van der Waals surface area (Å²) in [5.74, 6) is -0.179. The van der Waals surface area contributed by atoms with E-state index in [0.29, 0.717) is 17.9 Å². The summed E-state index contributed by atoms with van der Waals surface area (Å²) in [6, 6.07) is 9.49. The maximum atomic E-state index is 12.6. The number of amides is 1. The Morgan fingerprint density at radius 3 is 2.48 bits per heavy atom. The number of halogens is 1. The van der Waals surface area contributed by atoms with Crippen LogP contribution in [0.4, 0.5) is 0 Å². The van der Waals surface area contributed by atoms with Crippen molar-refractivity contribution in [3.63, 3.8) is 0 Å². The molecule has 4 heteroatoms. The normalized spacial score (nSPS) is 12.5. The SMILES string of the molecule is CCCC(C#N)(CCC)C(=O)NC(C)c1cccc(Cl)c1. The Morgan fingerprint density at radius 2 is 2.00 bits per heavy atom. The van der Waals surface area contributed by atoms with E-state index in [-0.39, 0.29) is 11.9 Å². The Morgan fingerprint density at radius 1 is 1.38 bits per heavy atom. The van der Waals surface area contributed by atoms with Crippen molar-refractivity contribution in [1.29, 1.82) is 5.26 Å². The van der Waals surface area contributed by atoms with E-state index < -0.39 is 5.41 Å². The van der Waals surface area contributed by atoms with Crippen LogP contribution in [0.1, 0.15) is 58.1 Å². The molecule has 1 aromatic carbocycles. The molecular weight excluding hydrogens is 284 g/mol. The third-order valence-corrected chi connectivity index (χ3v) is 3.93. The van der Waals surface area contributed by atoms with Gasteiger partial charge in [-0.15, -0.1) is 0 Å². The molecule has 0 aliphatic heterocycles. The fraction of sp³-hybridized carbons (Fsp3) is 0.529. The molecule has 114 valence electrons. The predicted molar refractivity (Wildman–Crippen MR) is 85.9 cm³/mol. The molecular formula is C17H23ClN2O. The lowest BCUT2D eigenvalue weighted by molar-refractivity contribution is -0.129. The lowest BCUT2D eigenvalue weighted by Gasteiger charge is -2.27. The second-order valence-corrected chi connectivity index (χ2v) is 5.88. The summed E-state index contributed by atoms with van der Waals surface area (Å²) in [6.07, 6.45) is 2.80. The number of hydrogen-bond acceptors (Lipinski definition) is 2. The number of nitrogens with one attached hydrogen (secondary N) is 1. The van der Waals surface area contributed by atoms with Crippen molar-refractivity contribution in [3.05, 3.63) is 34.9 Å². The number of nitrogens with zero attached hydrogens (tertiary/aromatic N) is 1. The first-order valence-electron chi connectivity index (χ1n) is 7.46. The first kappa shape index (κ1) is 17.5. The van der Waals surface area contributed by atoms with Crippen molar-refractivity contribution in [2.75, 3.05) is 0 Å². The van der Waals surface area contributed by atoms with Crippen LogP contribution in [0.15, 0.2) is 24.3 Å². The number of hydrogen-bond donors (Lipinski definition) is 1. The highest BCUT2D eigenvalue weighted by molar-refractivity contribution is 6.30. The molecule has 0 spiro atoms. The molecule has 1 atom stereocenters. The molecule has 0 saturated heterocycles. The highest BCUT2D eigenvalue weighted by Crippen LogP contribution is 2.30. The van der Waals surface area contributed by atoms with Gasteiger partial charge >= 0.3 is 0 Å². The highest BCUT2D eigenvalue weighted by atomic mass is 35.5. The number of benzene rings is 1. The quantitative estimate of drug-likeness (QED) is 0.798. The van der Waals surface area contributed by atoms with Crippen LogP contribution in [-0.4, -0.2) is 5.91 Å². The van der Waals surface area contributed by atoms with Crippen LogP contribution >= 0.6 is 11.6 Å². The van der Waals surface area contributed by atoms with E-state index in [9.17, 15) is 10.1 Å². The Bertz CT molecular complexity index is 516. The van der Waals surface area contributed by atoms with Gasteiger partial charge in [-0.1, -0.05) is 50.4 Å². The maximum Gasteiger partial charge on any atom is 0.240 e. The van der Waals surface area contributed by atoms with Crippen molar-refractivity contribution in [1.82, 2.24) is 5.32 Å². The van der Waals surface area contributed by atoms with E-state index in [1.54, 1.807) is 6.07 Å². The van der Waals surface area contributed by atoms with Crippen LogP contribution in [0.25, 0.3) is 0 Å². The van der Waals surface area contributed by atoms with Gasteiger partial charge in [0.05, 0.1) is 12.1 Å². The van der Waals surface area contributed by atoms with Gasteiger partial charge in [-0.3, -0.25) is 4.79 Å². The van der Waals surface area contributed by atoms with Crippen molar-refractivity contribution in [3.8, 4) is 6.07 Å². The van der Waals surface area contributed by atoms with E-state index >= 15 is 0 Å². The minimum absolute atomic E-state index is 0.169. The average Bonchev–Trinajstić information content (AvgIpc) is 2.46. The van der Waals surface area contributed by atoms with Crippen LogP contribution in [-0.2, 0) is 4.79 Å². The fourth-order valence-corrected chi connectivity index (χ4v) is 2.76. The lowest BCUT2D eigenvalue weighted by Crippen LogP contribution is -2.41. The molecule has 0 fully saturated rings. The minimum Gasteiger partial charge on any atom is -0.348 e. The molecule has 0 heterocycles. The standard InChI is InChI=1S/C17H23ClN2O/c1-4-9-17(12-19,10-5-2)16(21)20-13(3)14-7-6-8-15(18)11-14/h6-8,11,13H,4-5,9-10H2,1-3H3,(H,20,21). The van der Waals surface area contributed by atoms with Gasteiger partial charge in [0.25, 0.3) is 0 Å². The molecule has 0 bridgehead atoms. The van der Waals surface area contributed by atoms with E-state index in [2.05, 4.69) is 11.4 Å². The van der Waals surface area contributed by atoms with Crippen LogP contribution in [0.3, 0.4) is 0 Å². The van der Waals surface area contributed by atoms with Crippen molar-refractivity contribution in [2.45, 2.75) is 52.5 Å². The zero-order valence-corrected chi connectivity index (χ0v) is 13.7. The largest absolute Gasteiger partial charge is 0.348 e. The smallest absolute Gasteiger partial charge is 0.240 e. The Hall–Kier alpha value is -1.53. The summed E-state index contributed by atoms with van der Waals surface area (Å²) in [4.78, 5) is 12.6. The van der Waals surface area contributed by atoms with E-state index in [0.717, 1.165) is 18.4 Å². The molecule has 0 saturated carbocycles. The molecule has 1 rings (SSSR count). The topological polar surface area (TPSA) is 52.9 Å². The van der Waals surface area contributed by atoms with Crippen LogP contribution in [0.5, 0.6) is 0 Å². The number of carbonyl (C=O) groups is 1. The number of nitriles is 1. The third kappa shape index (κ3) is 4.47. The Labute approximate surface area is 132 Å². The molecule has 0 aromatic heterocycles. The van der Waals surface area contributed by atoms with E-state index in [1.165, 1.54) is 0 Å². The van der Waals surface area contributed by atoms with Gasteiger partial charge in [-0.25, -0.2) is 0 Å². The molecule has 0 aliphatic carbocycles. The van der Waals surface area contributed by atoms with Crippen LogP contribution in [0, 0.1) is 16.7 Å². The van der Waals surface area contributed by atoms with Gasteiger partial charge < -0.3 is 5.32 Å². The number of carbonyl (C=O) groups excluding carboxylic acids is 1.